The lowest BCUT2D eigenvalue weighted by Gasteiger charge is -2.61. The summed E-state index contributed by atoms with van der Waals surface area (Å²) in [6.07, 6.45) is 2.67. The molecule has 0 spiro atoms. The Labute approximate surface area is 79.5 Å². The lowest BCUT2D eigenvalue weighted by atomic mass is 9.45. The Balaban J connectivity index is 2.03. The van der Waals surface area contributed by atoms with E-state index in [4.69, 9.17) is 10.8 Å². The molecule has 0 heterocycles. The Morgan fingerprint density at radius 1 is 1.31 bits per heavy atom. The molecular formula is C10H19NO2. The van der Waals surface area contributed by atoms with E-state index in [1.807, 2.05) is 0 Å². The summed E-state index contributed by atoms with van der Waals surface area (Å²) in [5.74, 6) is 7.08. The van der Waals surface area contributed by atoms with E-state index in [0.717, 1.165) is 18.3 Å². The van der Waals surface area contributed by atoms with Crippen molar-refractivity contribution in [3.8, 4) is 0 Å². The average molecular weight is 185 g/mol. The molecule has 0 aromatic carbocycles. The van der Waals surface area contributed by atoms with E-state index in [0.29, 0.717) is 11.3 Å². The van der Waals surface area contributed by atoms with Gasteiger partial charge >= 0.3 is 0 Å². The van der Waals surface area contributed by atoms with Crippen molar-refractivity contribution >= 4 is 0 Å². The molecule has 0 amide bonds. The van der Waals surface area contributed by atoms with Gasteiger partial charge in [-0.3, -0.25) is 0 Å². The second kappa shape index (κ2) is 2.94. The van der Waals surface area contributed by atoms with Gasteiger partial charge in [0.15, 0.2) is 0 Å². The molecule has 0 aliphatic heterocycles. The summed E-state index contributed by atoms with van der Waals surface area (Å²) >= 11 is 0. The number of hydrogen-bond donors (Lipinski definition) is 1. The molecule has 3 aliphatic carbocycles. The first-order valence-electron chi connectivity index (χ1n) is 5.09. The van der Waals surface area contributed by atoms with Crippen molar-refractivity contribution in [2.24, 2.45) is 29.1 Å². The minimum absolute atomic E-state index is 0.210. The second-order valence-corrected chi connectivity index (χ2v) is 5.19. The summed E-state index contributed by atoms with van der Waals surface area (Å²) in [4.78, 5) is 9.36. The molecule has 0 aromatic heterocycles. The fraction of sp³-hybridized carbons (Fsp3) is 1.00. The summed E-state index contributed by atoms with van der Waals surface area (Å²) < 4.78 is 0. The zero-order valence-corrected chi connectivity index (χ0v) is 8.62. The van der Waals surface area contributed by atoms with Gasteiger partial charge in [-0.1, -0.05) is 20.8 Å². The maximum absolute atomic E-state index is 5.07. The largest absolute Gasteiger partial charge is 0.215 e. The van der Waals surface area contributed by atoms with E-state index in [2.05, 4.69) is 25.8 Å². The third-order valence-corrected chi connectivity index (χ3v) is 4.46. The molecule has 0 aromatic rings. The molecule has 3 heteroatoms. The van der Waals surface area contributed by atoms with Crippen molar-refractivity contribution in [2.75, 3.05) is 0 Å². The molecule has 3 saturated carbocycles. The summed E-state index contributed by atoms with van der Waals surface area (Å²) in [5.41, 5.74) is 0.508. The van der Waals surface area contributed by atoms with Gasteiger partial charge in [-0.05, 0) is 36.0 Å². The Kier molecular flexibility index (Phi) is 2.13. The van der Waals surface area contributed by atoms with Crippen LogP contribution in [0.3, 0.4) is 0 Å². The minimum Gasteiger partial charge on any atom is -0.215 e. The van der Waals surface area contributed by atoms with E-state index >= 15 is 0 Å². The molecule has 0 saturated heterocycles. The Bertz CT molecular complexity index is 205. The summed E-state index contributed by atoms with van der Waals surface area (Å²) in [6.45, 7) is 6.97. The van der Waals surface area contributed by atoms with Crippen molar-refractivity contribution in [3.05, 3.63) is 0 Å². The molecule has 0 unspecified atom stereocenters. The average Bonchev–Trinajstić information content (AvgIpc) is 2.08. The summed E-state index contributed by atoms with van der Waals surface area (Å²) in [7, 11) is 0. The van der Waals surface area contributed by atoms with Crippen LogP contribution in [-0.4, -0.2) is 6.10 Å². The van der Waals surface area contributed by atoms with E-state index in [9.17, 15) is 0 Å². The number of nitrogens with two attached hydrogens (primary N) is 1. The van der Waals surface area contributed by atoms with Crippen LogP contribution in [0.4, 0.5) is 0 Å². The van der Waals surface area contributed by atoms with Crippen molar-refractivity contribution in [3.63, 3.8) is 0 Å². The molecular weight excluding hydrogens is 166 g/mol. The molecule has 3 aliphatic rings. The monoisotopic (exact) mass is 185 g/mol. The van der Waals surface area contributed by atoms with E-state index in [1.165, 1.54) is 6.42 Å². The highest BCUT2D eigenvalue weighted by molar-refractivity contribution is 5.05. The van der Waals surface area contributed by atoms with Crippen molar-refractivity contribution in [1.29, 1.82) is 0 Å². The van der Waals surface area contributed by atoms with Crippen LogP contribution in [0.25, 0.3) is 0 Å². The van der Waals surface area contributed by atoms with Gasteiger partial charge in [0.25, 0.3) is 0 Å². The van der Waals surface area contributed by atoms with Gasteiger partial charge in [-0.15, -0.1) is 4.99 Å². The molecule has 13 heavy (non-hydrogen) atoms. The van der Waals surface area contributed by atoms with Gasteiger partial charge in [-0.25, -0.2) is 4.89 Å². The maximum Gasteiger partial charge on any atom is 0.0980 e. The Morgan fingerprint density at radius 3 is 2.46 bits per heavy atom. The molecule has 3 nitrogen and oxygen atoms in total. The van der Waals surface area contributed by atoms with Crippen LogP contribution in [-0.2, 0) is 9.88 Å². The van der Waals surface area contributed by atoms with Gasteiger partial charge in [0.2, 0.25) is 0 Å². The van der Waals surface area contributed by atoms with Gasteiger partial charge < -0.3 is 0 Å². The lowest BCUT2D eigenvalue weighted by molar-refractivity contribution is -0.362. The fourth-order valence-electron chi connectivity index (χ4n) is 3.30. The third-order valence-electron chi connectivity index (χ3n) is 4.46. The minimum atomic E-state index is 0.210. The van der Waals surface area contributed by atoms with Gasteiger partial charge in [-0.2, -0.15) is 5.90 Å². The Morgan fingerprint density at radius 2 is 2.00 bits per heavy atom. The number of fused-ring (bicyclic) bond motifs is 2. The molecule has 3 fully saturated rings. The molecule has 4 atom stereocenters. The van der Waals surface area contributed by atoms with E-state index in [-0.39, 0.29) is 6.10 Å². The quantitative estimate of drug-likeness (QED) is 0.527. The van der Waals surface area contributed by atoms with Gasteiger partial charge in [0, 0.05) is 0 Å². The molecule has 2 N–H and O–H groups in total. The van der Waals surface area contributed by atoms with Crippen LogP contribution in [0.2, 0.25) is 0 Å². The first kappa shape index (κ1) is 9.44. The molecule has 3 rings (SSSR count). The van der Waals surface area contributed by atoms with Gasteiger partial charge in [0.05, 0.1) is 6.10 Å². The zero-order valence-electron chi connectivity index (χ0n) is 8.62. The standard InChI is InChI=1S/C10H19NO2/c1-6-8-4-7(10(8,2)3)5-9(6)12-13-11/h6-9H,4-5,11H2,1-3H3/t6-,7+,8-,9-/m1/s1. The van der Waals surface area contributed by atoms with E-state index < -0.39 is 0 Å². The lowest BCUT2D eigenvalue weighted by Crippen LogP contribution is -2.57. The van der Waals surface area contributed by atoms with E-state index in [1.54, 1.807) is 0 Å². The predicted octanol–water partition coefficient (Wildman–Crippen LogP) is 1.88. The third kappa shape index (κ3) is 1.22. The molecule has 2 bridgehead atoms. The summed E-state index contributed by atoms with van der Waals surface area (Å²) in [5, 5.41) is 0. The zero-order chi connectivity index (χ0) is 9.64. The van der Waals surface area contributed by atoms with Crippen molar-refractivity contribution in [1.82, 2.24) is 0 Å². The smallest absolute Gasteiger partial charge is 0.0980 e. The fourth-order valence-corrected chi connectivity index (χ4v) is 3.30. The topological polar surface area (TPSA) is 44.5 Å². The van der Waals surface area contributed by atoms with Crippen LogP contribution in [0, 0.1) is 23.2 Å². The Hall–Kier alpha value is -0.120. The van der Waals surface area contributed by atoms with Gasteiger partial charge in [0.1, 0.15) is 0 Å². The van der Waals surface area contributed by atoms with Crippen LogP contribution in [0.5, 0.6) is 0 Å². The first-order valence-corrected chi connectivity index (χ1v) is 5.09. The second-order valence-electron chi connectivity index (χ2n) is 5.19. The predicted molar refractivity (Wildman–Crippen MR) is 49.3 cm³/mol. The normalized spacial score (nSPS) is 47.1. The number of hydrogen-bond acceptors (Lipinski definition) is 3. The maximum atomic E-state index is 5.07. The highest BCUT2D eigenvalue weighted by Gasteiger charge is 2.56. The van der Waals surface area contributed by atoms with Crippen LogP contribution >= 0.6 is 0 Å². The molecule has 76 valence electrons. The van der Waals surface area contributed by atoms with Crippen LogP contribution < -0.4 is 5.90 Å². The highest BCUT2D eigenvalue weighted by atomic mass is 17.3. The molecule has 0 radical (unpaired) electrons. The highest BCUT2D eigenvalue weighted by Crippen LogP contribution is 2.61. The van der Waals surface area contributed by atoms with Crippen molar-refractivity contribution in [2.45, 2.75) is 39.7 Å². The SMILES string of the molecule is C[C@@H]1[C@H]2C[C@@H](C[C@H]1OON)C2(C)C. The van der Waals surface area contributed by atoms with Crippen LogP contribution in [0.1, 0.15) is 33.6 Å². The van der Waals surface area contributed by atoms with Crippen LogP contribution in [0.15, 0.2) is 0 Å². The number of rotatable bonds is 2. The first-order chi connectivity index (χ1) is 6.07. The summed E-state index contributed by atoms with van der Waals surface area (Å²) in [6, 6.07) is 0. The van der Waals surface area contributed by atoms with Crippen molar-refractivity contribution < 1.29 is 9.88 Å².